The van der Waals surface area contributed by atoms with Gasteiger partial charge < -0.3 is 19.4 Å². The smallest absolute Gasteiger partial charge is 0.234 e. The molecule has 0 aliphatic heterocycles. The number of nitrogens with zero attached hydrogens (tertiary/aromatic N) is 3. The van der Waals surface area contributed by atoms with Crippen LogP contribution >= 0.6 is 11.8 Å². The number of methoxy groups -OCH3 is 1. The number of aromatic nitrogens is 3. The fraction of sp³-hybridized carbons (Fsp3) is 0.261. The van der Waals surface area contributed by atoms with Crippen molar-refractivity contribution in [3.8, 4) is 11.5 Å². The zero-order chi connectivity index (χ0) is 22.1. The van der Waals surface area contributed by atoms with Gasteiger partial charge in [0.1, 0.15) is 17.3 Å². The molecule has 0 aliphatic carbocycles. The van der Waals surface area contributed by atoms with Gasteiger partial charge in [0.15, 0.2) is 5.16 Å². The monoisotopic (exact) mass is 438 g/mol. The van der Waals surface area contributed by atoms with Crippen LogP contribution in [0.15, 0.2) is 66.3 Å². The predicted molar refractivity (Wildman–Crippen MR) is 123 cm³/mol. The fourth-order valence-electron chi connectivity index (χ4n) is 2.96. The number of rotatable bonds is 11. The Bertz CT molecular complexity index is 1020. The van der Waals surface area contributed by atoms with Crippen molar-refractivity contribution in [2.45, 2.75) is 25.0 Å². The Balaban J connectivity index is 1.66. The van der Waals surface area contributed by atoms with Crippen LogP contribution in [0.5, 0.6) is 11.5 Å². The lowest BCUT2D eigenvalue weighted by Gasteiger charge is -2.11. The molecule has 2 aromatic carbocycles. The van der Waals surface area contributed by atoms with Crippen molar-refractivity contribution < 1.29 is 14.3 Å². The molecule has 3 rings (SSSR count). The molecule has 0 spiro atoms. The summed E-state index contributed by atoms with van der Waals surface area (Å²) in [6, 6.07) is 15.2. The maximum Gasteiger partial charge on any atom is 0.234 e. The van der Waals surface area contributed by atoms with Crippen molar-refractivity contribution in [1.29, 1.82) is 0 Å². The highest BCUT2D eigenvalue weighted by molar-refractivity contribution is 7.99. The molecular formula is C23H26N4O3S. The first-order chi connectivity index (χ1) is 15.1. The molecule has 1 aromatic heterocycles. The summed E-state index contributed by atoms with van der Waals surface area (Å²) in [5.41, 5.74) is 1.75. The van der Waals surface area contributed by atoms with Crippen LogP contribution in [-0.4, -0.2) is 40.1 Å². The summed E-state index contributed by atoms with van der Waals surface area (Å²) >= 11 is 1.34. The van der Waals surface area contributed by atoms with Crippen molar-refractivity contribution >= 4 is 23.4 Å². The fourth-order valence-corrected chi connectivity index (χ4v) is 3.73. The molecule has 0 saturated carbocycles. The highest BCUT2D eigenvalue weighted by Crippen LogP contribution is 2.25. The summed E-state index contributed by atoms with van der Waals surface area (Å²) in [6.07, 6.45) is 2.42. The Morgan fingerprint density at radius 2 is 1.97 bits per heavy atom. The standard InChI is InChI=1S/C23H26N4O3S/c1-4-14-27-21(15-17-10-12-18(29-3)13-11-17)25-26-23(27)31-16-22(28)24-19-8-6-7-9-20(19)30-5-2/h4,6-13H,1,5,14-16H2,2-3H3,(H,24,28). The Labute approximate surface area is 186 Å². The maximum atomic E-state index is 12.5. The van der Waals surface area contributed by atoms with Crippen molar-refractivity contribution in [2.24, 2.45) is 0 Å². The Hall–Kier alpha value is -3.26. The summed E-state index contributed by atoms with van der Waals surface area (Å²) in [6.45, 7) is 6.83. The van der Waals surface area contributed by atoms with Crippen LogP contribution in [0, 0.1) is 0 Å². The normalized spacial score (nSPS) is 10.5. The third-order valence-corrected chi connectivity index (χ3v) is 5.39. The molecule has 0 atom stereocenters. The first-order valence-electron chi connectivity index (χ1n) is 9.95. The van der Waals surface area contributed by atoms with Crippen LogP contribution in [-0.2, 0) is 17.8 Å². The lowest BCUT2D eigenvalue weighted by atomic mass is 10.1. The van der Waals surface area contributed by atoms with Gasteiger partial charge in [-0.05, 0) is 36.8 Å². The van der Waals surface area contributed by atoms with E-state index in [-0.39, 0.29) is 11.7 Å². The molecule has 1 N–H and O–H groups in total. The number of carbonyl (C=O) groups excluding carboxylic acids is 1. The number of amides is 1. The molecule has 0 bridgehead atoms. The van der Waals surface area contributed by atoms with Crippen molar-refractivity contribution in [1.82, 2.24) is 14.8 Å². The van der Waals surface area contributed by atoms with Gasteiger partial charge in [0.25, 0.3) is 0 Å². The zero-order valence-corrected chi connectivity index (χ0v) is 18.5. The van der Waals surface area contributed by atoms with E-state index in [1.165, 1.54) is 11.8 Å². The van der Waals surface area contributed by atoms with Gasteiger partial charge in [0.05, 0.1) is 25.2 Å². The first kappa shape index (κ1) is 22.4. The number of benzene rings is 2. The summed E-state index contributed by atoms with van der Waals surface area (Å²) in [5, 5.41) is 12.2. The lowest BCUT2D eigenvalue weighted by molar-refractivity contribution is -0.113. The molecule has 3 aromatic rings. The zero-order valence-electron chi connectivity index (χ0n) is 17.7. The molecule has 0 saturated heterocycles. The molecule has 0 radical (unpaired) electrons. The number of anilines is 1. The van der Waals surface area contributed by atoms with E-state index in [2.05, 4.69) is 22.1 Å². The molecular weight excluding hydrogens is 412 g/mol. The Kier molecular flexibility index (Phi) is 8.12. The lowest BCUT2D eigenvalue weighted by Crippen LogP contribution is -2.15. The number of allylic oxidation sites excluding steroid dienone is 1. The molecule has 7 nitrogen and oxygen atoms in total. The van der Waals surface area contributed by atoms with Crippen LogP contribution in [0.1, 0.15) is 18.3 Å². The average Bonchev–Trinajstić information content (AvgIpc) is 3.16. The van der Waals surface area contributed by atoms with E-state index in [4.69, 9.17) is 9.47 Å². The Morgan fingerprint density at radius 3 is 2.68 bits per heavy atom. The molecule has 162 valence electrons. The average molecular weight is 439 g/mol. The van der Waals surface area contributed by atoms with Gasteiger partial charge in [-0.15, -0.1) is 16.8 Å². The van der Waals surface area contributed by atoms with E-state index in [0.29, 0.717) is 36.2 Å². The summed E-state index contributed by atoms with van der Waals surface area (Å²) < 4.78 is 12.7. The number of para-hydroxylation sites is 2. The molecule has 0 aliphatic rings. The van der Waals surface area contributed by atoms with Gasteiger partial charge >= 0.3 is 0 Å². The van der Waals surface area contributed by atoms with Crippen LogP contribution in [0.3, 0.4) is 0 Å². The minimum absolute atomic E-state index is 0.137. The molecule has 31 heavy (non-hydrogen) atoms. The third kappa shape index (κ3) is 6.11. The second kappa shape index (κ2) is 11.2. The van der Waals surface area contributed by atoms with E-state index in [0.717, 1.165) is 17.1 Å². The molecule has 0 unspecified atom stereocenters. The number of hydrogen-bond acceptors (Lipinski definition) is 6. The van der Waals surface area contributed by atoms with E-state index < -0.39 is 0 Å². The van der Waals surface area contributed by atoms with Crippen LogP contribution in [0.4, 0.5) is 5.69 Å². The molecule has 0 fully saturated rings. The number of carbonyl (C=O) groups is 1. The van der Waals surface area contributed by atoms with Gasteiger partial charge in [-0.3, -0.25) is 4.79 Å². The van der Waals surface area contributed by atoms with E-state index in [9.17, 15) is 4.79 Å². The topological polar surface area (TPSA) is 78.3 Å². The second-order valence-electron chi connectivity index (χ2n) is 6.59. The molecule has 1 heterocycles. The van der Waals surface area contributed by atoms with Gasteiger partial charge in [-0.2, -0.15) is 0 Å². The van der Waals surface area contributed by atoms with E-state index in [1.807, 2.05) is 60.0 Å². The van der Waals surface area contributed by atoms with Crippen molar-refractivity contribution in [3.05, 3.63) is 72.6 Å². The van der Waals surface area contributed by atoms with E-state index >= 15 is 0 Å². The summed E-state index contributed by atoms with van der Waals surface area (Å²) in [5.74, 6) is 2.35. The van der Waals surface area contributed by atoms with Gasteiger partial charge in [0, 0.05) is 13.0 Å². The largest absolute Gasteiger partial charge is 0.497 e. The number of ether oxygens (including phenoxy) is 2. The number of nitrogens with one attached hydrogen (secondary N) is 1. The van der Waals surface area contributed by atoms with E-state index in [1.54, 1.807) is 13.2 Å². The van der Waals surface area contributed by atoms with Gasteiger partial charge in [0.2, 0.25) is 5.91 Å². The van der Waals surface area contributed by atoms with Crippen LogP contribution in [0.25, 0.3) is 0 Å². The van der Waals surface area contributed by atoms with Crippen molar-refractivity contribution in [3.63, 3.8) is 0 Å². The summed E-state index contributed by atoms with van der Waals surface area (Å²) in [7, 11) is 1.64. The Morgan fingerprint density at radius 1 is 1.19 bits per heavy atom. The van der Waals surface area contributed by atoms with Crippen molar-refractivity contribution in [2.75, 3.05) is 24.8 Å². The summed E-state index contributed by atoms with van der Waals surface area (Å²) in [4.78, 5) is 12.5. The number of thioether (sulfide) groups is 1. The quantitative estimate of drug-likeness (QED) is 0.357. The van der Waals surface area contributed by atoms with Gasteiger partial charge in [-0.1, -0.05) is 42.1 Å². The molecule has 8 heteroatoms. The predicted octanol–water partition coefficient (Wildman–Crippen LogP) is 4.19. The number of hydrogen-bond donors (Lipinski definition) is 1. The SMILES string of the molecule is C=CCn1c(Cc2ccc(OC)cc2)nnc1SCC(=O)Nc1ccccc1OCC. The first-order valence-corrected chi connectivity index (χ1v) is 10.9. The van der Waals surface area contributed by atoms with Crippen LogP contribution in [0.2, 0.25) is 0 Å². The van der Waals surface area contributed by atoms with Crippen LogP contribution < -0.4 is 14.8 Å². The molecule has 1 amide bonds. The highest BCUT2D eigenvalue weighted by atomic mass is 32.2. The maximum absolute atomic E-state index is 12.5. The highest BCUT2D eigenvalue weighted by Gasteiger charge is 2.15. The minimum Gasteiger partial charge on any atom is -0.497 e. The minimum atomic E-state index is -0.137. The van der Waals surface area contributed by atoms with Gasteiger partial charge in [-0.25, -0.2) is 0 Å². The second-order valence-corrected chi connectivity index (χ2v) is 7.53. The third-order valence-electron chi connectivity index (χ3n) is 4.42.